The molecule has 10 heteroatoms. The zero-order valence-corrected chi connectivity index (χ0v) is 22.1. The lowest BCUT2D eigenvalue weighted by Gasteiger charge is -2.27. The van der Waals surface area contributed by atoms with E-state index in [1.165, 1.54) is 11.8 Å². The van der Waals surface area contributed by atoms with Gasteiger partial charge in [-0.15, -0.1) is 0 Å². The van der Waals surface area contributed by atoms with Gasteiger partial charge in [-0.2, -0.15) is 11.8 Å². The van der Waals surface area contributed by atoms with Crippen LogP contribution in [0.5, 0.6) is 0 Å². The van der Waals surface area contributed by atoms with Crippen molar-refractivity contribution in [3.8, 4) is 0 Å². The number of hydrogen-bond donors (Lipinski definition) is 5. The summed E-state index contributed by atoms with van der Waals surface area (Å²) >= 11 is 1.48. The van der Waals surface area contributed by atoms with Gasteiger partial charge in [0.15, 0.2) is 0 Å². The second kappa shape index (κ2) is 15.4. The lowest BCUT2D eigenvalue weighted by atomic mass is 9.99. The van der Waals surface area contributed by atoms with Crippen LogP contribution >= 0.6 is 11.8 Å². The summed E-state index contributed by atoms with van der Waals surface area (Å²) in [4.78, 5) is 50.5. The van der Waals surface area contributed by atoms with E-state index in [-0.39, 0.29) is 24.7 Å². The first-order valence-electron chi connectivity index (χ1n) is 11.9. The van der Waals surface area contributed by atoms with Crippen LogP contribution in [0.25, 0.3) is 0 Å². The van der Waals surface area contributed by atoms with Crippen LogP contribution in [-0.2, 0) is 25.6 Å². The molecule has 196 valence electrons. The number of benzene rings is 1. The van der Waals surface area contributed by atoms with Crippen LogP contribution in [0.1, 0.15) is 46.1 Å². The van der Waals surface area contributed by atoms with Crippen LogP contribution < -0.4 is 21.7 Å². The van der Waals surface area contributed by atoms with Gasteiger partial charge in [0.2, 0.25) is 17.7 Å². The zero-order chi connectivity index (χ0) is 26.5. The highest BCUT2D eigenvalue weighted by atomic mass is 32.2. The number of carboxylic acid groups (broad SMARTS) is 1. The molecule has 0 aliphatic heterocycles. The summed E-state index contributed by atoms with van der Waals surface area (Å²) in [6, 6.07) is 5.46. The Bertz CT molecular complexity index is 834. The molecule has 35 heavy (non-hydrogen) atoms. The maximum absolute atomic E-state index is 13.3. The summed E-state index contributed by atoms with van der Waals surface area (Å²) in [6.07, 6.45) is 2.80. The van der Waals surface area contributed by atoms with E-state index in [2.05, 4.69) is 16.0 Å². The average molecular weight is 509 g/mol. The van der Waals surface area contributed by atoms with E-state index in [0.29, 0.717) is 12.2 Å². The van der Waals surface area contributed by atoms with E-state index in [0.717, 1.165) is 5.56 Å². The molecular formula is C25H40N4O5S. The van der Waals surface area contributed by atoms with Crippen molar-refractivity contribution in [2.75, 3.05) is 12.0 Å². The van der Waals surface area contributed by atoms with Crippen molar-refractivity contribution in [2.24, 2.45) is 17.6 Å². The molecule has 1 aromatic carbocycles. The van der Waals surface area contributed by atoms with Gasteiger partial charge >= 0.3 is 5.97 Å². The van der Waals surface area contributed by atoms with Gasteiger partial charge in [0.1, 0.15) is 18.1 Å². The minimum Gasteiger partial charge on any atom is -0.480 e. The van der Waals surface area contributed by atoms with Gasteiger partial charge < -0.3 is 26.8 Å². The van der Waals surface area contributed by atoms with Gasteiger partial charge in [-0.05, 0) is 42.2 Å². The summed E-state index contributed by atoms with van der Waals surface area (Å²) in [7, 11) is 0. The van der Waals surface area contributed by atoms with Crippen molar-refractivity contribution < 1.29 is 24.3 Å². The number of nitrogens with one attached hydrogen (secondary N) is 3. The van der Waals surface area contributed by atoms with E-state index in [1.54, 1.807) is 13.8 Å². The van der Waals surface area contributed by atoms with Crippen LogP contribution in [0.4, 0.5) is 0 Å². The fourth-order valence-electron chi connectivity index (χ4n) is 3.50. The Kier molecular flexibility index (Phi) is 13.4. The highest BCUT2D eigenvalue weighted by Crippen LogP contribution is 2.09. The number of aliphatic carboxylic acids is 1. The third-order valence-electron chi connectivity index (χ3n) is 5.45. The zero-order valence-electron chi connectivity index (χ0n) is 21.2. The van der Waals surface area contributed by atoms with Crippen molar-refractivity contribution in [2.45, 2.75) is 71.1 Å². The van der Waals surface area contributed by atoms with E-state index in [4.69, 9.17) is 5.73 Å². The molecule has 1 rings (SSSR count). The molecule has 3 amide bonds. The molecule has 6 N–H and O–H groups in total. The van der Waals surface area contributed by atoms with Crippen LogP contribution in [0.15, 0.2) is 30.3 Å². The number of rotatable bonds is 15. The van der Waals surface area contributed by atoms with Crippen molar-refractivity contribution in [1.29, 1.82) is 0 Å². The minimum atomic E-state index is -1.13. The molecule has 0 aliphatic carbocycles. The lowest BCUT2D eigenvalue weighted by molar-refractivity contribution is -0.142. The number of carbonyl (C=O) groups is 4. The van der Waals surface area contributed by atoms with Crippen molar-refractivity contribution in [3.05, 3.63) is 35.9 Å². The van der Waals surface area contributed by atoms with Crippen molar-refractivity contribution >= 4 is 35.5 Å². The first kappa shape index (κ1) is 30.4. The third kappa shape index (κ3) is 11.1. The van der Waals surface area contributed by atoms with Gasteiger partial charge in [0.25, 0.3) is 0 Å². The van der Waals surface area contributed by atoms with Crippen molar-refractivity contribution in [1.82, 2.24) is 16.0 Å². The van der Waals surface area contributed by atoms with Gasteiger partial charge in [-0.3, -0.25) is 14.4 Å². The van der Waals surface area contributed by atoms with E-state index in [9.17, 15) is 24.3 Å². The Hall–Kier alpha value is -2.59. The van der Waals surface area contributed by atoms with Crippen LogP contribution in [-0.4, -0.2) is 65.0 Å². The predicted octanol–water partition coefficient (Wildman–Crippen LogP) is 1.55. The molecule has 0 aliphatic rings. The molecule has 4 unspecified atom stereocenters. The highest BCUT2D eigenvalue weighted by molar-refractivity contribution is 7.98. The maximum Gasteiger partial charge on any atom is 0.326 e. The minimum absolute atomic E-state index is 0.208. The number of hydrogen-bond acceptors (Lipinski definition) is 6. The van der Waals surface area contributed by atoms with Crippen LogP contribution in [0.3, 0.4) is 0 Å². The van der Waals surface area contributed by atoms with Crippen molar-refractivity contribution in [3.63, 3.8) is 0 Å². The molecule has 0 heterocycles. The maximum atomic E-state index is 13.3. The monoisotopic (exact) mass is 508 g/mol. The molecule has 0 radical (unpaired) electrons. The fourth-order valence-corrected chi connectivity index (χ4v) is 3.97. The molecule has 0 bridgehead atoms. The number of carbonyl (C=O) groups excluding carboxylic acids is 3. The van der Waals surface area contributed by atoms with Gasteiger partial charge in [0, 0.05) is 6.42 Å². The fraction of sp³-hybridized carbons (Fsp3) is 0.600. The highest BCUT2D eigenvalue weighted by Gasteiger charge is 2.32. The Labute approximate surface area is 212 Å². The molecular weight excluding hydrogens is 468 g/mol. The molecule has 0 saturated heterocycles. The Balaban J connectivity index is 3.04. The SMILES string of the molecule is CSCCC(NC(=O)C(NC(=O)C(Cc1ccccc1)NC(=O)C(N)CC(C)C)C(C)C)C(=O)O. The first-order valence-corrected chi connectivity index (χ1v) is 13.3. The molecule has 1 aromatic rings. The summed E-state index contributed by atoms with van der Waals surface area (Å²) in [5, 5.41) is 17.4. The molecule has 0 spiro atoms. The molecule has 0 fully saturated rings. The smallest absolute Gasteiger partial charge is 0.326 e. The number of thioether (sulfide) groups is 1. The van der Waals surface area contributed by atoms with Gasteiger partial charge in [-0.25, -0.2) is 4.79 Å². The summed E-state index contributed by atoms with van der Waals surface area (Å²) in [5.41, 5.74) is 6.85. The summed E-state index contributed by atoms with van der Waals surface area (Å²) in [6.45, 7) is 7.42. The largest absolute Gasteiger partial charge is 0.480 e. The van der Waals surface area contributed by atoms with E-state index in [1.807, 2.05) is 50.4 Å². The topological polar surface area (TPSA) is 151 Å². The lowest BCUT2D eigenvalue weighted by Crippen LogP contribution is -2.59. The second-order valence-electron chi connectivity index (χ2n) is 9.40. The Morgan fingerprint density at radius 3 is 2.03 bits per heavy atom. The predicted molar refractivity (Wildman–Crippen MR) is 139 cm³/mol. The molecule has 9 nitrogen and oxygen atoms in total. The van der Waals surface area contributed by atoms with E-state index < -0.39 is 47.9 Å². The molecule has 4 atom stereocenters. The van der Waals surface area contributed by atoms with Crippen LogP contribution in [0, 0.1) is 11.8 Å². The summed E-state index contributed by atoms with van der Waals surface area (Å²) in [5.74, 6) is -2.23. The Morgan fingerprint density at radius 2 is 1.51 bits per heavy atom. The number of carboxylic acids is 1. The Morgan fingerprint density at radius 1 is 0.914 bits per heavy atom. The van der Waals surface area contributed by atoms with E-state index >= 15 is 0 Å². The van der Waals surface area contributed by atoms with Gasteiger partial charge in [-0.1, -0.05) is 58.0 Å². The molecule has 0 aromatic heterocycles. The van der Waals surface area contributed by atoms with Crippen LogP contribution in [0.2, 0.25) is 0 Å². The average Bonchev–Trinajstić information content (AvgIpc) is 2.79. The second-order valence-corrected chi connectivity index (χ2v) is 10.4. The number of amides is 3. The number of nitrogens with two attached hydrogens (primary N) is 1. The standard InChI is InChI=1S/C25H40N4O5S/c1-15(2)13-18(26)22(30)28-20(14-17-9-7-6-8-10-17)23(31)29-21(16(3)4)24(32)27-19(25(33)34)11-12-35-5/h6-10,15-16,18-21H,11-14,26H2,1-5H3,(H,27,32)(H,28,30)(H,29,31)(H,33,34). The third-order valence-corrected chi connectivity index (χ3v) is 6.09. The normalized spacial score (nSPS) is 14.6. The summed E-state index contributed by atoms with van der Waals surface area (Å²) < 4.78 is 0. The molecule has 0 saturated carbocycles. The van der Waals surface area contributed by atoms with Gasteiger partial charge in [0.05, 0.1) is 6.04 Å². The first-order chi connectivity index (χ1) is 16.5. The quantitative estimate of drug-likeness (QED) is 0.241.